The van der Waals surface area contributed by atoms with Gasteiger partial charge in [-0.2, -0.15) is 0 Å². The van der Waals surface area contributed by atoms with Gasteiger partial charge < -0.3 is 15.5 Å². The van der Waals surface area contributed by atoms with Gasteiger partial charge in [0.05, 0.1) is 5.56 Å². The molecule has 28 heavy (non-hydrogen) atoms. The molecule has 1 saturated heterocycles. The van der Waals surface area contributed by atoms with Gasteiger partial charge >= 0.3 is 0 Å². The molecule has 0 saturated carbocycles. The molecule has 2 aromatic rings. The first-order valence-electron chi connectivity index (χ1n) is 8.91. The van der Waals surface area contributed by atoms with Crippen LogP contribution >= 0.6 is 0 Å². The molecule has 0 atom stereocenters. The maximum atomic E-state index is 14.4. The zero-order valence-electron chi connectivity index (χ0n) is 15.2. The van der Waals surface area contributed by atoms with Crippen LogP contribution in [0.25, 0.3) is 0 Å². The minimum atomic E-state index is -0.679. The van der Waals surface area contributed by atoms with Crippen LogP contribution in [0.1, 0.15) is 33.6 Å². The first-order valence-corrected chi connectivity index (χ1v) is 8.91. The zero-order chi connectivity index (χ0) is 20.1. The van der Waals surface area contributed by atoms with E-state index in [9.17, 15) is 18.8 Å². The van der Waals surface area contributed by atoms with Crippen molar-refractivity contribution in [2.24, 2.45) is 0 Å². The van der Waals surface area contributed by atoms with E-state index in [0.717, 1.165) is 25.0 Å². The minimum absolute atomic E-state index is 0.00552. The fourth-order valence-electron chi connectivity index (χ4n) is 2.99. The van der Waals surface area contributed by atoms with Gasteiger partial charge in [-0.05, 0) is 55.3 Å². The molecule has 144 valence electrons. The van der Waals surface area contributed by atoms with Crippen molar-refractivity contribution in [1.82, 2.24) is 4.90 Å². The summed E-state index contributed by atoms with van der Waals surface area (Å²) in [6.45, 7) is 4.64. The number of hydrogen-bond donors (Lipinski definition) is 2. The molecule has 0 bridgehead atoms. The summed E-state index contributed by atoms with van der Waals surface area (Å²) in [6, 6.07) is 10.3. The Morgan fingerprint density at radius 2 is 1.71 bits per heavy atom. The lowest BCUT2D eigenvalue weighted by Crippen LogP contribution is -2.28. The van der Waals surface area contributed by atoms with Crippen LogP contribution in [0.4, 0.5) is 15.8 Å². The number of anilines is 2. The van der Waals surface area contributed by atoms with Crippen LogP contribution in [0.2, 0.25) is 0 Å². The van der Waals surface area contributed by atoms with E-state index in [2.05, 4.69) is 17.2 Å². The van der Waals surface area contributed by atoms with Gasteiger partial charge in [-0.3, -0.25) is 14.4 Å². The fraction of sp³-hybridized carbons (Fsp3) is 0.190. The molecule has 6 nitrogen and oxygen atoms in total. The van der Waals surface area contributed by atoms with E-state index >= 15 is 0 Å². The minimum Gasteiger partial charge on any atom is -0.339 e. The molecule has 0 radical (unpaired) electrons. The zero-order valence-corrected chi connectivity index (χ0v) is 15.2. The van der Waals surface area contributed by atoms with Crippen molar-refractivity contribution in [3.05, 3.63) is 72.1 Å². The number of halogens is 1. The van der Waals surface area contributed by atoms with E-state index < -0.39 is 17.6 Å². The fourth-order valence-corrected chi connectivity index (χ4v) is 2.99. The van der Waals surface area contributed by atoms with Gasteiger partial charge in [-0.25, -0.2) is 4.39 Å². The molecule has 7 heteroatoms. The first kappa shape index (κ1) is 19.3. The van der Waals surface area contributed by atoms with Gasteiger partial charge in [0.2, 0.25) is 5.91 Å². The second kappa shape index (κ2) is 8.47. The Balaban J connectivity index is 1.71. The van der Waals surface area contributed by atoms with Crippen LogP contribution in [0, 0.1) is 5.82 Å². The standard InChI is InChI=1S/C21H20FN3O3/c1-2-19(26)23-15-7-5-6-14(12-15)20(27)24-16-8-9-17(18(22)13-16)21(28)25-10-3-4-11-25/h2,5-9,12-13H,1,3-4,10-11H2,(H,23,26)(H,24,27). The predicted octanol–water partition coefficient (Wildman–Crippen LogP) is 3.44. The SMILES string of the molecule is C=CC(=O)Nc1cccc(C(=O)Nc2ccc(C(=O)N3CCCC3)c(F)c2)c1. The number of nitrogens with zero attached hydrogens (tertiary/aromatic N) is 1. The van der Waals surface area contributed by atoms with Crippen molar-refractivity contribution >= 4 is 29.1 Å². The van der Waals surface area contributed by atoms with Crippen LogP contribution in [-0.2, 0) is 4.79 Å². The smallest absolute Gasteiger partial charge is 0.256 e. The molecule has 0 aliphatic carbocycles. The van der Waals surface area contributed by atoms with Crippen LogP contribution < -0.4 is 10.6 Å². The van der Waals surface area contributed by atoms with Gasteiger partial charge in [0, 0.05) is 30.0 Å². The Kier molecular flexibility index (Phi) is 5.84. The summed E-state index contributed by atoms with van der Waals surface area (Å²) < 4.78 is 14.4. The summed E-state index contributed by atoms with van der Waals surface area (Å²) in [4.78, 5) is 37.7. The number of carbonyl (C=O) groups excluding carboxylic acids is 3. The molecule has 3 amide bonds. The summed E-state index contributed by atoms with van der Waals surface area (Å²) >= 11 is 0. The number of rotatable bonds is 5. The average molecular weight is 381 g/mol. The maximum absolute atomic E-state index is 14.4. The van der Waals surface area contributed by atoms with Gasteiger partial charge in [-0.1, -0.05) is 12.6 Å². The van der Waals surface area contributed by atoms with Crippen molar-refractivity contribution in [2.75, 3.05) is 23.7 Å². The van der Waals surface area contributed by atoms with E-state index in [0.29, 0.717) is 24.3 Å². The highest BCUT2D eigenvalue weighted by Gasteiger charge is 2.22. The largest absolute Gasteiger partial charge is 0.339 e. The Labute approximate surface area is 162 Å². The van der Waals surface area contributed by atoms with Crippen LogP contribution in [0.3, 0.4) is 0 Å². The van der Waals surface area contributed by atoms with E-state index in [-0.39, 0.29) is 17.2 Å². The normalized spacial score (nSPS) is 13.1. The monoisotopic (exact) mass is 381 g/mol. The highest BCUT2D eigenvalue weighted by atomic mass is 19.1. The molecule has 3 rings (SSSR count). The molecule has 0 spiro atoms. The van der Waals surface area contributed by atoms with Crippen LogP contribution in [-0.4, -0.2) is 35.7 Å². The van der Waals surface area contributed by atoms with E-state index in [1.54, 1.807) is 23.1 Å². The van der Waals surface area contributed by atoms with E-state index in [1.165, 1.54) is 18.2 Å². The number of carbonyl (C=O) groups is 3. The lowest BCUT2D eigenvalue weighted by atomic mass is 10.1. The number of amides is 3. The summed E-state index contributed by atoms with van der Waals surface area (Å²) in [5.74, 6) is -1.87. The Bertz CT molecular complexity index is 936. The lowest BCUT2D eigenvalue weighted by Gasteiger charge is -2.16. The Morgan fingerprint density at radius 3 is 2.39 bits per heavy atom. The van der Waals surface area contributed by atoms with Gasteiger partial charge in [-0.15, -0.1) is 0 Å². The third kappa shape index (κ3) is 4.43. The van der Waals surface area contributed by atoms with Crippen molar-refractivity contribution in [3.63, 3.8) is 0 Å². The first-order chi connectivity index (χ1) is 13.5. The van der Waals surface area contributed by atoms with Gasteiger partial charge in [0.1, 0.15) is 5.82 Å². The van der Waals surface area contributed by atoms with Gasteiger partial charge in [0.25, 0.3) is 11.8 Å². The molecular weight excluding hydrogens is 361 g/mol. The second-order valence-corrected chi connectivity index (χ2v) is 6.42. The Hall–Kier alpha value is -3.48. The molecule has 1 fully saturated rings. The number of likely N-dealkylation sites (tertiary alicyclic amines) is 1. The topological polar surface area (TPSA) is 78.5 Å². The third-order valence-electron chi connectivity index (χ3n) is 4.43. The quantitative estimate of drug-likeness (QED) is 0.779. The maximum Gasteiger partial charge on any atom is 0.256 e. The summed E-state index contributed by atoms with van der Waals surface area (Å²) in [6.07, 6.45) is 2.97. The van der Waals surface area contributed by atoms with Crippen molar-refractivity contribution in [2.45, 2.75) is 12.8 Å². The molecule has 1 heterocycles. The molecule has 1 aliphatic rings. The third-order valence-corrected chi connectivity index (χ3v) is 4.43. The Morgan fingerprint density at radius 1 is 1.00 bits per heavy atom. The molecule has 1 aliphatic heterocycles. The van der Waals surface area contributed by atoms with Gasteiger partial charge in [0.15, 0.2) is 0 Å². The second-order valence-electron chi connectivity index (χ2n) is 6.42. The molecule has 2 aromatic carbocycles. The van der Waals surface area contributed by atoms with Crippen LogP contribution in [0.15, 0.2) is 55.1 Å². The number of hydrogen-bond acceptors (Lipinski definition) is 3. The molecular formula is C21H20FN3O3. The summed E-state index contributed by atoms with van der Waals surface area (Å²) in [5.41, 5.74) is 0.963. The van der Waals surface area contributed by atoms with E-state index in [1.807, 2.05) is 0 Å². The average Bonchev–Trinajstić information content (AvgIpc) is 3.22. The van der Waals surface area contributed by atoms with Crippen LogP contribution in [0.5, 0.6) is 0 Å². The number of nitrogens with one attached hydrogen (secondary N) is 2. The van der Waals surface area contributed by atoms with Crippen molar-refractivity contribution in [3.8, 4) is 0 Å². The molecule has 0 unspecified atom stereocenters. The highest BCUT2D eigenvalue weighted by molar-refractivity contribution is 6.06. The summed E-state index contributed by atoms with van der Waals surface area (Å²) in [5, 5.41) is 5.16. The van der Waals surface area contributed by atoms with Crippen molar-refractivity contribution < 1.29 is 18.8 Å². The van der Waals surface area contributed by atoms with Crippen molar-refractivity contribution in [1.29, 1.82) is 0 Å². The molecule has 0 aromatic heterocycles. The van der Waals surface area contributed by atoms with E-state index in [4.69, 9.17) is 0 Å². The highest BCUT2D eigenvalue weighted by Crippen LogP contribution is 2.20. The summed E-state index contributed by atoms with van der Waals surface area (Å²) in [7, 11) is 0. The molecule has 2 N–H and O–H groups in total. The predicted molar refractivity (Wildman–Crippen MR) is 105 cm³/mol. The lowest BCUT2D eigenvalue weighted by molar-refractivity contribution is -0.111. The number of benzene rings is 2.